The van der Waals surface area contributed by atoms with E-state index in [-0.39, 0.29) is 5.54 Å². The Bertz CT molecular complexity index is 470. The zero-order chi connectivity index (χ0) is 13.2. The maximum Gasteiger partial charge on any atom is 0.119 e. The van der Waals surface area contributed by atoms with Gasteiger partial charge in [-0.1, -0.05) is 12.0 Å². The van der Waals surface area contributed by atoms with Crippen molar-refractivity contribution in [1.82, 2.24) is 5.32 Å². The van der Waals surface area contributed by atoms with Gasteiger partial charge in [0.05, 0.1) is 12.6 Å². The van der Waals surface area contributed by atoms with Crippen molar-refractivity contribution in [3.05, 3.63) is 29.3 Å². The van der Waals surface area contributed by atoms with Gasteiger partial charge in [-0.25, -0.2) is 0 Å². The molecule has 96 valence electrons. The number of hydrogen-bond acceptors (Lipinski definition) is 2. The molecular weight excluding hydrogens is 222 g/mol. The number of nitrogens with one attached hydrogen (secondary N) is 1. The van der Waals surface area contributed by atoms with E-state index in [4.69, 9.17) is 11.2 Å². The number of aryl methyl sites for hydroxylation is 1. The SMILES string of the molecule is C#CC(C)(C)NC1CCc2ccc(OC)cc2C1. The molecule has 2 nitrogen and oxygen atoms in total. The predicted molar refractivity (Wildman–Crippen MR) is 74.9 cm³/mol. The number of fused-ring (bicyclic) bond motifs is 1. The van der Waals surface area contributed by atoms with Crippen LogP contribution >= 0.6 is 0 Å². The van der Waals surface area contributed by atoms with E-state index in [0.29, 0.717) is 6.04 Å². The van der Waals surface area contributed by atoms with Gasteiger partial charge in [0, 0.05) is 6.04 Å². The fraction of sp³-hybridized carbons (Fsp3) is 0.500. The summed E-state index contributed by atoms with van der Waals surface area (Å²) in [7, 11) is 1.71. The highest BCUT2D eigenvalue weighted by atomic mass is 16.5. The van der Waals surface area contributed by atoms with E-state index in [1.165, 1.54) is 11.1 Å². The van der Waals surface area contributed by atoms with Gasteiger partial charge in [0.25, 0.3) is 0 Å². The summed E-state index contributed by atoms with van der Waals surface area (Å²) in [5.41, 5.74) is 2.58. The first-order valence-corrected chi connectivity index (χ1v) is 6.45. The second-order valence-electron chi connectivity index (χ2n) is 5.49. The molecule has 1 unspecified atom stereocenters. The summed E-state index contributed by atoms with van der Waals surface area (Å²) < 4.78 is 5.28. The van der Waals surface area contributed by atoms with Crippen LogP contribution in [-0.4, -0.2) is 18.7 Å². The molecule has 0 aliphatic heterocycles. The van der Waals surface area contributed by atoms with Gasteiger partial charge in [-0.2, -0.15) is 0 Å². The van der Waals surface area contributed by atoms with Gasteiger partial charge in [-0.3, -0.25) is 5.32 Å². The van der Waals surface area contributed by atoms with Crippen LogP contribution in [0.4, 0.5) is 0 Å². The fourth-order valence-electron chi connectivity index (χ4n) is 2.54. The molecule has 0 saturated carbocycles. The summed E-state index contributed by atoms with van der Waals surface area (Å²) in [6.45, 7) is 4.10. The number of methoxy groups -OCH3 is 1. The minimum atomic E-state index is -0.235. The van der Waals surface area contributed by atoms with Gasteiger partial charge >= 0.3 is 0 Å². The Morgan fingerprint density at radius 1 is 1.39 bits per heavy atom. The average molecular weight is 243 g/mol. The fourth-order valence-corrected chi connectivity index (χ4v) is 2.54. The molecule has 0 amide bonds. The van der Waals surface area contributed by atoms with Crippen LogP contribution in [0.3, 0.4) is 0 Å². The third-order valence-electron chi connectivity index (χ3n) is 3.57. The Balaban J connectivity index is 2.12. The molecule has 1 aromatic carbocycles. The zero-order valence-corrected chi connectivity index (χ0v) is 11.4. The molecule has 0 saturated heterocycles. The second kappa shape index (κ2) is 5.04. The van der Waals surface area contributed by atoms with Crippen LogP contribution in [0, 0.1) is 12.3 Å². The lowest BCUT2D eigenvalue weighted by Gasteiger charge is -2.31. The maximum absolute atomic E-state index is 5.53. The minimum absolute atomic E-state index is 0.235. The van der Waals surface area contributed by atoms with E-state index in [0.717, 1.165) is 25.0 Å². The van der Waals surface area contributed by atoms with Crippen molar-refractivity contribution < 1.29 is 4.74 Å². The molecule has 0 fully saturated rings. The highest BCUT2D eigenvalue weighted by molar-refractivity contribution is 5.38. The van der Waals surface area contributed by atoms with E-state index < -0.39 is 0 Å². The highest BCUT2D eigenvalue weighted by Gasteiger charge is 2.24. The Kier molecular flexibility index (Phi) is 3.63. The predicted octanol–water partition coefficient (Wildman–Crippen LogP) is 2.55. The molecule has 1 N–H and O–H groups in total. The molecule has 1 atom stereocenters. The molecule has 0 aromatic heterocycles. The summed E-state index contributed by atoms with van der Waals surface area (Å²) in [6, 6.07) is 6.82. The first-order chi connectivity index (χ1) is 8.54. The Morgan fingerprint density at radius 2 is 2.17 bits per heavy atom. The molecular formula is C16H21NO. The van der Waals surface area contributed by atoms with Crippen molar-refractivity contribution in [2.24, 2.45) is 0 Å². The van der Waals surface area contributed by atoms with Crippen LogP contribution in [0.2, 0.25) is 0 Å². The Morgan fingerprint density at radius 3 is 2.83 bits per heavy atom. The summed E-state index contributed by atoms with van der Waals surface area (Å²) in [4.78, 5) is 0. The van der Waals surface area contributed by atoms with Crippen molar-refractivity contribution in [2.45, 2.75) is 44.7 Å². The number of benzene rings is 1. The van der Waals surface area contributed by atoms with Gasteiger partial charge in [-0.05, 0) is 56.4 Å². The largest absolute Gasteiger partial charge is 0.497 e. The molecule has 1 aromatic rings. The normalized spacial score (nSPS) is 18.9. The standard InChI is InChI=1S/C16H21NO/c1-5-16(2,3)17-14-8-6-12-7-9-15(18-4)11-13(12)10-14/h1,7,9,11,14,17H,6,8,10H2,2-4H3. The molecule has 2 heteroatoms. The minimum Gasteiger partial charge on any atom is -0.497 e. The van der Waals surface area contributed by atoms with Crippen LogP contribution in [0.5, 0.6) is 5.75 Å². The molecule has 0 spiro atoms. The highest BCUT2D eigenvalue weighted by Crippen LogP contribution is 2.26. The van der Waals surface area contributed by atoms with E-state index in [1.807, 2.05) is 19.9 Å². The average Bonchev–Trinajstić information content (AvgIpc) is 2.37. The van der Waals surface area contributed by atoms with Crippen LogP contribution in [0.25, 0.3) is 0 Å². The molecule has 2 rings (SSSR count). The van der Waals surface area contributed by atoms with E-state index >= 15 is 0 Å². The van der Waals surface area contributed by atoms with Crippen molar-refractivity contribution in [3.8, 4) is 18.1 Å². The lowest BCUT2D eigenvalue weighted by molar-refractivity contribution is 0.371. The van der Waals surface area contributed by atoms with Crippen LogP contribution in [0.15, 0.2) is 18.2 Å². The first-order valence-electron chi connectivity index (χ1n) is 6.45. The second-order valence-corrected chi connectivity index (χ2v) is 5.49. The summed E-state index contributed by atoms with van der Waals surface area (Å²) in [6.07, 6.45) is 8.81. The van der Waals surface area contributed by atoms with Gasteiger partial charge in [0.1, 0.15) is 5.75 Å². The Labute approximate surface area is 110 Å². The lowest BCUT2D eigenvalue weighted by Crippen LogP contribution is -2.47. The zero-order valence-electron chi connectivity index (χ0n) is 11.4. The number of rotatable bonds is 3. The van der Waals surface area contributed by atoms with Gasteiger partial charge in [0.15, 0.2) is 0 Å². The van der Waals surface area contributed by atoms with Gasteiger partial charge in [-0.15, -0.1) is 6.42 Å². The van der Waals surface area contributed by atoms with Crippen molar-refractivity contribution in [3.63, 3.8) is 0 Å². The van der Waals surface area contributed by atoms with Crippen LogP contribution in [0.1, 0.15) is 31.4 Å². The van der Waals surface area contributed by atoms with E-state index in [2.05, 4.69) is 23.4 Å². The van der Waals surface area contributed by atoms with Gasteiger partial charge < -0.3 is 4.74 Å². The Hall–Kier alpha value is -1.46. The van der Waals surface area contributed by atoms with Crippen molar-refractivity contribution >= 4 is 0 Å². The van der Waals surface area contributed by atoms with E-state index in [9.17, 15) is 0 Å². The topological polar surface area (TPSA) is 21.3 Å². The van der Waals surface area contributed by atoms with Crippen molar-refractivity contribution in [1.29, 1.82) is 0 Å². The lowest BCUT2D eigenvalue weighted by atomic mass is 9.87. The molecule has 1 aliphatic carbocycles. The molecule has 18 heavy (non-hydrogen) atoms. The van der Waals surface area contributed by atoms with E-state index in [1.54, 1.807) is 7.11 Å². The molecule has 0 radical (unpaired) electrons. The van der Waals surface area contributed by atoms with Crippen LogP contribution in [-0.2, 0) is 12.8 Å². The summed E-state index contributed by atoms with van der Waals surface area (Å²) in [5.74, 6) is 3.74. The van der Waals surface area contributed by atoms with Crippen LogP contribution < -0.4 is 10.1 Å². The van der Waals surface area contributed by atoms with Gasteiger partial charge in [0.2, 0.25) is 0 Å². The number of ether oxygens (including phenoxy) is 1. The third-order valence-corrected chi connectivity index (χ3v) is 3.57. The molecule has 1 aliphatic rings. The third kappa shape index (κ3) is 2.86. The summed E-state index contributed by atoms with van der Waals surface area (Å²) >= 11 is 0. The number of hydrogen-bond donors (Lipinski definition) is 1. The quantitative estimate of drug-likeness (QED) is 0.824. The number of terminal acetylenes is 1. The molecule has 0 bridgehead atoms. The summed E-state index contributed by atoms with van der Waals surface area (Å²) in [5, 5.41) is 3.55. The molecule has 0 heterocycles. The smallest absolute Gasteiger partial charge is 0.119 e. The van der Waals surface area contributed by atoms with Crippen molar-refractivity contribution in [2.75, 3.05) is 7.11 Å². The maximum atomic E-state index is 5.53. The first kappa shape index (κ1) is 13.0. The monoisotopic (exact) mass is 243 g/mol.